The highest BCUT2D eigenvalue weighted by atomic mass is 19.4. The minimum Gasteiger partial charge on any atom is -0.385 e. The second-order valence-corrected chi connectivity index (χ2v) is 5.80. The van der Waals surface area contributed by atoms with E-state index in [4.69, 9.17) is 0 Å². The van der Waals surface area contributed by atoms with Crippen LogP contribution in [0.4, 0.5) is 13.2 Å². The third-order valence-corrected chi connectivity index (χ3v) is 4.23. The highest BCUT2D eigenvalue weighted by Crippen LogP contribution is 2.43. The maximum absolute atomic E-state index is 13.1. The molecule has 0 atom stereocenters. The Kier molecular flexibility index (Phi) is 4.94. The predicted molar refractivity (Wildman–Crippen MR) is 75.9 cm³/mol. The summed E-state index contributed by atoms with van der Waals surface area (Å²) < 4.78 is 39.3. The van der Waals surface area contributed by atoms with Gasteiger partial charge in [-0.1, -0.05) is 25.1 Å². The predicted octanol–water partition coefficient (Wildman–Crippen LogP) is 3.84. The molecule has 1 fully saturated rings. The van der Waals surface area contributed by atoms with Gasteiger partial charge in [-0.25, -0.2) is 0 Å². The van der Waals surface area contributed by atoms with Gasteiger partial charge in [-0.05, 0) is 50.3 Å². The first-order chi connectivity index (χ1) is 9.87. The van der Waals surface area contributed by atoms with Crippen LogP contribution >= 0.6 is 0 Å². The van der Waals surface area contributed by atoms with Gasteiger partial charge in [-0.3, -0.25) is 0 Å². The van der Waals surface area contributed by atoms with Crippen molar-refractivity contribution in [2.75, 3.05) is 6.54 Å². The summed E-state index contributed by atoms with van der Waals surface area (Å²) in [5.41, 5.74) is -2.06. The van der Waals surface area contributed by atoms with Gasteiger partial charge in [0.1, 0.15) is 0 Å². The van der Waals surface area contributed by atoms with Gasteiger partial charge in [0.2, 0.25) is 0 Å². The first-order valence-corrected chi connectivity index (χ1v) is 7.49. The average molecular weight is 301 g/mol. The molecule has 0 aromatic heterocycles. The standard InChI is InChI=1S/C16H22F3NO/c1-2-11-20-12-7-9-15(21,10-8-12)13-5-3-4-6-14(13)16(17,18)19/h3-6,12,20-21H,2,7-11H2,1H3. The van der Waals surface area contributed by atoms with Gasteiger partial charge in [-0.15, -0.1) is 0 Å². The van der Waals surface area contributed by atoms with Crippen molar-refractivity contribution in [1.82, 2.24) is 5.32 Å². The number of nitrogens with one attached hydrogen (secondary N) is 1. The molecular weight excluding hydrogens is 279 g/mol. The minimum absolute atomic E-state index is 0.0199. The minimum atomic E-state index is -4.43. The van der Waals surface area contributed by atoms with Crippen molar-refractivity contribution in [3.63, 3.8) is 0 Å². The number of hydrogen-bond acceptors (Lipinski definition) is 2. The number of benzene rings is 1. The van der Waals surface area contributed by atoms with Gasteiger partial charge >= 0.3 is 6.18 Å². The second kappa shape index (κ2) is 6.36. The number of rotatable bonds is 4. The molecule has 0 heterocycles. The summed E-state index contributed by atoms with van der Waals surface area (Å²) in [6.07, 6.45) is -1.28. The van der Waals surface area contributed by atoms with E-state index in [1.165, 1.54) is 12.1 Å². The van der Waals surface area contributed by atoms with E-state index in [2.05, 4.69) is 12.2 Å². The normalized spacial score (nSPS) is 26.8. The van der Waals surface area contributed by atoms with Crippen LogP contribution in [-0.4, -0.2) is 17.7 Å². The quantitative estimate of drug-likeness (QED) is 0.885. The number of hydrogen-bond donors (Lipinski definition) is 2. The molecule has 0 spiro atoms. The molecule has 1 aliphatic rings. The van der Waals surface area contributed by atoms with Crippen molar-refractivity contribution < 1.29 is 18.3 Å². The van der Waals surface area contributed by atoms with E-state index in [9.17, 15) is 18.3 Å². The molecule has 1 aromatic rings. The summed E-state index contributed by atoms with van der Waals surface area (Å²) in [4.78, 5) is 0. The Labute approximate surface area is 123 Å². The van der Waals surface area contributed by atoms with Crippen molar-refractivity contribution >= 4 is 0 Å². The van der Waals surface area contributed by atoms with Crippen LogP contribution in [-0.2, 0) is 11.8 Å². The molecule has 5 heteroatoms. The van der Waals surface area contributed by atoms with E-state index in [1.54, 1.807) is 6.07 Å². The molecule has 1 aromatic carbocycles. The van der Waals surface area contributed by atoms with Crippen molar-refractivity contribution in [1.29, 1.82) is 0 Å². The summed E-state index contributed by atoms with van der Waals surface area (Å²) in [6, 6.07) is 5.68. The molecule has 21 heavy (non-hydrogen) atoms. The number of alkyl halides is 3. The fourth-order valence-corrected chi connectivity index (χ4v) is 3.05. The van der Waals surface area contributed by atoms with Gasteiger partial charge in [-0.2, -0.15) is 13.2 Å². The van der Waals surface area contributed by atoms with Gasteiger partial charge in [0.15, 0.2) is 0 Å². The van der Waals surface area contributed by atoms with Gasteiger partial charge < -0.3 is 10.4 Å². The van der Waals surface area contributed by atoms with Crippen molar-refractivity contribution in [3.05, 3.63) is 35.4 Å². The Balaban J connectivity index is 2.16. The van der Waals surface area contributed by atoms with Gasteiger partial charge in [0, 0.05) is 6.04 Å². The third kappa shape index (κ3) is 3.77. The molecule has 0 unspecified atom stereocenters. The molecule has 2 nitrogen and oxygen atoms in total. The largest absolute Gasteiger partial charge is 0.416 e. The lowest BCUT2D eigenvalue weighted by Gasteiger charge is -2.38. The van der Waals surface area contributed by atoms with Crippen LogP contribution in [0, 0.1) is 0 Å². The van der Waals surface area contributed by atoms with Crippen LogP contribution in [0.1, 0.15) is 50.2 Å². The Hall–Kier alpha value is -1.07. The summed E-state index contributed by atoms with van der Waals surface area (Å²) >= 11 is 0. The van der Waals surface area contributed by atoms with Crippen LogP contribution < -0.4 is 5.32 Å². The first kappa shape index (κ1) is 16.3. The van der Waals surface area contributed by atoms with Crippen LogP contribution in [0.5, 0.6) is 0 Å². The topological polar surface area (TPSA) is 32.3 Å². The maximum atomic E-state index is 13.1. The zero-order valence-electron chi connectivity index (χ0n) is 12.2. The molecule has 2 rings (SSSR count). The number of halogens is 3. The zero-order chi connectivity index (χ0) is 15.5. The second-order valence-electron chi connectivity index (χ2n) is 5.80. The number of aliphatic hydroxyl groups is 1. The van der Waals surface area contributed by atoms with Crippen LogP contribution in [0.25, 0.3) is 0 Å². The maximum Gasteiger partial charge on any atom is 0.416 e. The molecular formula is C16H22F3NO. The molecule has 0 aliphatic heterocycles. The van der Waals surface area contributed by atoms with Crippen molar-refractivity contribution in [3.8, 4) is 0 Å². The Bertz CT molecular complexity index is 465. The Morgan fingerprint density at radius 3 is 2.43 bits per heavy atom. The van der Waals surface area contributed by atoms with Crippen LogP contribution in [0.2, 0.25) is 0 Å². The summed E-state index contributed by atoms with van der Waals surface area (Å²) in [5, 5.41) is 14.1. The van der Waals surface area contributed by atoms with E-state index >= 15 is 0 Å². The summed E-state index contributed by atoms with van der Waals surface area (Å²) in [5.74, 6) is 0. The molecule has 0 bridgehead atoms. The highest BCUT2D eigenvalue weighted by Gasteiger charge is 2.42. The first-order valence-electron chi connectivity index (χ1n) is 7.49. The van der Waals surface area contributed by atoms with Gasteiger partial charge in [0.05, 0.1) is 11.2 Å². The van der Waals surface area contributed by atoms with E-state index in [0.29, 0.717) is 31.7 Å². The lowest BCUT2D eigenvalue weighted by molar-refractivity contribution is -0.141. The van der Waals surface area contributed by atoms with Crippen LogP contribution in [0.15, 0.2) is 24.3 Å². The molecule has 0 radical (unpaired) electrons. The molecule has 1 saturated carbocycles. The average Bonchev–Trinajstić information content (AvgIpc) is 2.46. The van der Waals surface area contributed by atoms with E-state index in [1.807, 2.05) is 0 Å². The van der Waals surface area contributed by atoms with E-state index < -0.39 is 17.3 Å². The molecule has 0 saturated heterocycles. The SMILES string of the molecule is CCCNC1CCC(O)(c2ccccc2C(F)(F)F)CC1. The fraction of sp³-hybridized carbons (Fsp3) is 0.625. The lowest BCUT2D eigenvalue weighted by Crippen LogP contribution is -2.40. The smallest absolute Gasteiger partial charge is 0.385 e. The molecule has 118 valence electrons. The van der Waals surface area contributed by atoms with Crippen molar-refractivity contribution in [2.45, 2.75) is 56.8 Å². The summed E-state index contributed by atoms with van der Waals surface area (Å²) in [7, 11) is 0. The molecule has 2 N–H and O–H groups in total. The third-order valence-electron chi connectivity index (χ3n) is 4.23. The monoisotopic (exact) mass is 301 g/mol. The molecule has 0 amide bonds. The lowest BCUT2D eigenvalue weighted by atomic mass is 9.76. The fourth-order valence-electron chi connectivity index (χ4n) is 3.05. The van der Waals surface area contributed by atoms with Crippen molar-refractivity contribution in [2.24, 2.45) is 0 Å². The van der Waals surface area contributed by atoms with Gasteiger partial charge in [0.25, 0.3) is 0 Å². The van der Waals surface area contributed by atoms with E-state index in [0.717, 1.165) is 19.0 Å². The van der Waals surface area contributed by atoms with Crippen LogP contribution in [0.3, 0.4) is 0 Å². The Morgan fingerprint density at radius 1 is 1.24 bits per heavy atom. The highest BCUT2D eigenvalue weighted by molar-refractivity contribution is 5.35. The summed E-state index contributed by atoms with van der Waals surface area (Å²) in [6.45, 7) is 2.98. The Morgan fingerprint density at radius 2 is 1.86 bits per heavy atom. The zero-order valence-corrected chi connectivity index (χ0v) is 12.2. The molecule has 1 aliphatic carbocycles. The van der Waals surface area contributed by atoms with E-state index in [-0.39, 0.29) is 5.56 Å².